The molecule has 7 nitrogen and oxygen atoms in total. The Bertz CT molecular complexity index is 786. The number of hydrazone groups is 1. The highest BCUT2D eigenvalue weighted by molar-refractivity contribution is 7.89. The van der Waals surface area contributed by atoms with Crippen LogP contribution >= 0.6 is 0 Å². The van der Waals surface area contributed by atoms with Crippen LogP contribution in [-0.2, 0) is 10.0 Å². The topological polar surface area (TPSA) is 114 Å². The summed E-state index contributed by atoms with van der Waals surface area (Å²) in [5, 5.41) is 18.7. The van der Waals surface area contributed by atoms with Crippen molar-refractivity contribution in [1.82, 2.24) is 0 Å². The van der Waals surface area contributed by atoms with Gasteiger partial charge in [0.25, 0.3) is 0 Å². The lowest BCUT2D eigenvalue weighted by Gasteiger charge is -2.04. The number of anilines is 1. The summed E-state index contributed by atoms with van der Waals surface area (Å²) in [6.45, 7) is 0. The molecule has 0 aromatic heterocycles. The van der Waals surface area contributed by atoms with Gasteiger partial charge in [-0.3, -0.25) is 5.43 Å². The number of hydrogen-bond donors (Lipinski definition) is 3. The maximum absolute atomic E-state index is 11.1. The van der Waals surface area contributed by atoms with Crippen molar-refractivity contribution in [3.63, 3.8) is 0 Å². The monoisotopic (exact) mass is 321 g/mol. The molecule has 0 radical (unpaired) electrons. The number of sulfonamides is 1. The molecule has 0 spiro atoms. The molecule has 0 saturated heterocycles. The number of phenolic OH excluding ortho intramolecular Hbond substituents is 1. The van der Waals surface area contributed by atoms with Gasteiger partial charge in [0.2, 0.25) is 10.0 Å². The van der Waals surface area contributed by atoms with E-state index in [1.807, 2.05) is 0 Å². The number of nitrogens with one attached hydrogen (secondary N) is 1. The van der Waals surface area contributed by atoms with Gasteiger partial charge in [-0.05, 0) is 42.5 Å². The van der Waals surface area contributed by atoms with Gasteiger partial charge in [0.05, 0.1) is 23.9 Å². The Labute approximate surface area is 128 Å². The van der Waals surface area contributed by atoms with Crippen LogP contribution in [-0.4, -0.2) is 26.8 Å². The van der Waals surface area contributed by atoms with Crippen molar-refractivity contribution < 1.29 is 18.3 Å². The molecular weight excluding hydrogens is 306 g/mol. The van der Waals surface area contributed by atoms with Crippen molar-refractivity contribution in [2.75, 3.05) is 12.5 Å². The molecule has 0 atom stereocenters. The van der Waals surface area contributed by atoms with Gasteiger partial charge in [-0.2, -0.15) is 5.10 Å². The average Bonchev–Trinajstić information content (AvgIpc) is 2.49. The van der Waals surface area contributed by atoms with Crippen molar-refractivity contribution >= 4 is 21.9 Å². The average molecular weight is 321 g/mol. The minimum absolute atomic E-state index is 0.0208. The Hall–Kier alpha value is -2.58. The van der Waals surface area contributed by atoms with Crippen LogP contribution in [0.15, 0.2) is 52.5 Å². The highest BCUT2D eigenvalue weighted by Crippen LogP contribution is 2.21. The van der Waals surface area contributed by atoms with E-state index in [2.05, 4.69) is 10.5 Å². The fourth-order valence-electron chi connectivity index (χ4n) is 1.66. The van der Waals surface area contributed by atoms with Crippen molar-refractivity contribution in [1.29, 1.82) is 0 Å². The van der Waals surface area contributed by atoms with Gasteiger partial charge in [0.1, 0.15) is 11.5 Å². The van der Waals surface area contributed by atoms with Crippen molar-refractivity contribution in [3.8, 4) is 11.5 Å². The first-order valence-electron chi connectivity index (χ1n) is 6.19. The molecule has 2 aromatic rings. The van der Waals surface area contributed by atoms with E-state index in [1.54, 1.807) is 12.1 Å². The highest BCUT2D eigenvalue weighted by atomic mass is 32.2. The standard InChI is InChI=1S/C14H15N3O4S/c1-21-12-4-7-14(18)10(8-12)9-16-17-11-2-5-13(6-3-11)22(15,19)20/h2-9,17-18H,1H3,(H2,15,19,20)/b16-9+. The lowest BCUT2D eigenvalue weighted by atomic mass is 10.2. The van der Waals surface area contributed by atoms with E-state index < -0.39 is 10.0 Å². The van der Waals surface area contributed by atoms with E-state index in [4.69, 9.17) is 9.88 Å². The normalized spacial score (nSPS) is 11.5. The zero-order valence-electron chi connectivity index (χ0n) is 11.7. The number of aromatic hydroxyl groups is 1. The summed E-state index contributed by atoms with van der Waals surface area (Å²) in [5.41, 5.74) is 3.77. The van der Waals surface area contributed by atoms with E-state index in [0.717, 1.165) is 0 Å². The fourth-order valence-corrected chi connectivity index (χ4v) is 2.17. The van der Waals surface area contributed by atoms with Gasteiger partial charge < -0.3 is 9.84 Å². The van der Waals surface area contributed by atoms with Crippen LogP contribution in [0.2, 0.25) is 0 Å². The summed E-state index contributed by atoms with van der Waals surface area (Å²) in [6.07, 6.45) is 1.42. The first kappa shape index (κ1) is 15.8. The van der Waals surface area contributed by atoms with E-state index in [0.29, 0.717) is 17.0 Å². The largest absolute Gasteiger partial charge is 0.507 e. The quantitative estimate of drug-likeness (QED) is 0.570. The molecule has 0 aliphatic carbocycles. The third kappa shape index (κ3) is 3.96. The molecule has 116 valence electrons. The first-order chi connectivity index (χ1) is 10.4. The maximum atomic E-state index is 11.1. The SMILES string of the molecule is COc1ccc(O)c(/C=N/Nc2ccc(S(N)(=O)=O)cc2)c1. The first-order valence-corrected chi connectivity index (χ1v) is 7.74. The number of benzene rings is 2. The third-order valence-corrected chi connectivity index (χ3v) is 3.74. The zero-order valence-corrected chi connectivity index (χ0v) is 12.5. The van der Waals surface area contributed by atoms with Crippen molar-refractivity contribution in [2.45, 2.75) is 4.90 Å². The molecule has 22 heavy (non-hydrogen) atoms. The summed E-state index contributed by atoms with van der Waals surface area (Å²) in [4.78, 5) is 0.0208. The molecule has 0 unspecified atom stereocenters. The van der Waals surface area contributed by atoms with E-state index in [-0.39, 0.29) is 10.6 Å². The van der Waals surface area contributed by atoms with Crippen LogP contribution < -0.4 is 15.3 Å². The van der Waals surface area contributed by atoms with Crippen LogP contribution in [0.25, 0.3) is 0 Å². The minimum Gasteiger partial charge on any atom is -0.507 e. The lowest BCUT2D eigenvalue weighted by molar-refractivity contribution is 0.412. The molecule has 0 fully saturated rings. The van der Waals surface area contributed by atoms with E-state index >= 15 is 0 Å². The lowest BCUT2D eigenvalue weighted by Crippen LogP contribution is -2.11. The Balaban J connectivity index is 2.10. The number of nitrogens with zero attached hydrogens (tertiary/aromatic N) is 1. The predicted octanol–water partition coefficient (Wildman–Crippen LogP) is 1.49. The Morgan fingerprint density at radius 3 is 2.50 bits per heavy atom. The number of rotatable bonds is 5. The minimum atomic E-state index is -3.71. The molecule has 0 amide bonds. The Kier molecular flexibility index (Phi) is 4.64. The molecule has 0 aliphatic heterocycles. The third-order valence-electron chi connectivity index (χ3n) is 2.81. The van der Waals surface area contributed by atoms with E-state index in [1.165, 1.54) is 43.7 Å². The number of ether oxygens (including phenoxy) is 1. The number of nitrogens with two attached hydrogens (primary N) is 1. The molecule has 8 heteroatoms. The predicted molar refractivity (Wildman–Crippen MR) is 83.7 cm³/mol. The van der Waals surface area contributed by atoms with Gasteiger partial charge in [0.15, 0.2) is 0 Å². The summed E-state index contributed by atoms with van der Waals surface area (Å²) in [7, 11) is -2.18. The van der Waals surface area contributed by atoms with Crippen LogP contribution in [0.3, 0.4) is 0 Å². The molecule has 4 N–H and O–H groups in total. The van der Waals surface area contributed by atoms with Crippen molar-refractivity contribution in [2.24, 2.45) is 10.2 Å². The smallest absolute Gasteiger partial charge is 0.238 e. The van der Waals surface area contributed by atoms with Gasteiger partial charge >= 0.3 is 0 Å². The number of phenols is 1. The highest BCUT2D eigenvalue weighted by Gasteiger charge is 2.06. The molecule has 0 saturated carbocycles. The second-order valence-electron chi connectivity index (χ2n) is 4.36. The molecule has 0 bridgehead atoms. The number of primary sulfonamides is 1. The summed E-state index contributed by atoms with van der Waals surface area (Å²) >= 11 is 0. The van der Waals surface area contributed by atoms with Crippen molar-refractivity contribution in [3.05, 3.63) is 48.0 Å². The number of hydrogen-bond acceptors (Lipinski definition) is 6. The Morgan fingerprint density at radius 1 is 1.23 bits per heavy atom. The van der Waals surface area contributed by atoms with Crippen LogP contribution in [0.5, 0.6) is 11.5 Å². The second-order valence-corrected chi connectivity index (χ2v) is 5.93. The summed E-state index contributed by atoms with van der Waals surface area (Å²) in [6, 6.07) is 10.6. The summed E-state index contributed by atoms with van der Waals surface area (Å²) < 4.78 is 27.3. The maximum Gasteiger partial charge on any atom is 0.238 e. The van der Waals surface area contributed by atoms with Gasteiger partial charge in [-0.1, -0.05) is 0 Å². The Morgan fingerprint density at radius 2 is 1.91 bits per heavy atom. The second kappa shape index (κ2) is 6.46. The molecular formula is C14H15N3O4S. The van der Waals surface area contributed by atoms with Gasteiger partial charge in [-0.25, -0.2) is 13.6 Å². The molecule has 0 aliphatic rings. The summed E-state index contributed by atoms with van der Waals surface area (Å²) in [5.74, 6) is 0.660. The molecule has 2 aromatic carbocycles. The fraction of sp³-hybridized carbons (Fsp3) is 0.0714. The van der Waals surface area contributed by atoms with E-state index in [9.17, 15) is 13.5 Å². The number of methoxy groups -OCH3 is 1. The molecule has 2 rings (SSSR count). The van der Waals surface area contributed by atoms with Crippen LogP contribution in [0.1, 0.15) is 5.56 Å². The van der Waals surface area contributed by atoms with Gasteiger partial charge in [0, 0.05) is 5.56 Å². The molecule has 0 heterocycles. The van der Waals surface area contributed by atoms with Crippen LogP contribution in [0, 0.1) is 0 Å². The zero-order chi connectivity index (χ0) is 16.2. The van der Waals surface area contributed by atoms with Gasteiger partial charge in [-0.15, -0.1) is 0 Å². The van der Waals surface area contributed by atoms with Crippen LogP contribution in [0.4, 0.5) is 5.69 Å².